The van der Waals surface area contributed by atoms with Crippen LogP contribution in [0.2, 0.25) is 5.02 Å². The molecule has 0 N–H and O–H groups in total. The first kappa shape index (κ1) is 18.9. The van der Waals surface area contributed by atoms with Gasteiger partial charge in [0.2, 0.25) is 5.91 Å². The number of halogens is 1. The fourth-order valence-corrected chi connectivity index (χ4v) is 6.95. The molecule has 5 heteroatoms. The number of amides is 1. The molecule has 2 bridgehead atoms. The van der Waals surface area contributed by atoms with E-state index in [1.807, 2.05) is 24.4 Å². The Morgan fingerprint density at radius 3 is 3.00 bits per heavy atom. The minimum atomic E-state index is 0.252. The lowest BCUT2D eigenvalue weighted by Crippen LogP contribution is -2.60. The Kier molecular flexibility index (Phi) is 4.69. The molecule has 3 aliphatic heterocycles. The van der Waals surface area contributed by atoms with Crippen LogP contribution in [0.15, 0.2) is 42.1 Å². The van der Waals surface area contributed by atoms with Gasteiger partial charge in [0.15, 0.2) is 0 Å². The molecule has 1 aromatic heterocycles. The molecule has 0 spiro atoms. The van der Waals surface area contributed by atoms with E-state index < -0.39 is 0 Å². The quantitative estimate of drug-likeness (QED) is 0.654. The van der Waals surface area contributed by atoms with Crippen molar-refractivity contribution < 1.29 is 4.79 Å². The standard InChI is InChI=1S/C25H30ClN3O/c26-21-7-6-17-8-11-28(23(17)14-21)16-24(30)29-10-3-4-18-12-19-13-20(25(18)29)15-27-9-2-1-5-22(19)27/h6-8,11-12,14,19-20,22,25H,1-5,9-10,13,15-16H2. The molecule has 4 unspecified atom stereocenters. The monoisotopic (exact) mass is 423 g/mol. The second-order valence-corrected chi connectivity index (χ2v) is 10.2. The van der Waals surface area contributed by atoms with Crippen molar-refractivity contribution in [2.45, 2.75) is 57.2 Å². The Morgan fingerprint density at radius 1 is 1.13 bits per heavy atom. The fraction of sp³-hybridized carbons (Fsp3) is 0.560. The number of carbonyl (C=O) groups excluding carboxylic acids is 1. The minimum Gasteiger partial charge on any atom is -0.338 e. The van der Waals surface area contributed by atoms with Crippen molar-refractivity contribution in [3.05, 3.63) is 47.1 Å². The molecule has 4 heterocycles. The molecule has 0 radical (unpaired) electrons. The molecule has 1 aliphatic carbocycles. The van der Waals surface area contributed by atoms with Gasteiger partial charge < -0.3 is 9.47 Å². The predicted molar refractivity (Wildman–Crippen MR) is 121 cm³/mol. The molecule has 4 nitrogen and oxygen atoms in total. The van der Waals surface area contributed by atoms with Gasteiger partial charge in [-0.2, -0.15) is 0 Å². The maximum Gasteiger partial charge on any atom is 0.243 e. The molecular formula is C25H30ClN3O. The van der Waals surface area contributed by atoms with E-state index in [1.165, 1.54) is 45.2 Å². The molecule has 2 aromatic rings. The average Bonchev–Trinajstić information content (AvgIpc) is 3.15. The third-order valence-electron chi connectivity index (χ3n) is 8.02. The Balaban J connectivity index is 1.27. The van der Waals surface area contributed by atoms with Gasteiger partial charge in [-0.05, 0) is 74.1 Å². The lowest BCUT2D eigenvalue weighted by molar-refractivity contribution is -0.136. The van der Waals surface area contributed by atoms with Gasteiger partial charge in [-0.15, -0.1) is 0 Å². The normalized spacial score (nSPS) is 31.2. The number of fused-ring (bicyclic) bond motifs is 7. The summed E-state index contributed by atoms with van der Waals surface area (Å²) in [5.74, 6) is 1.56. The van der Waals surface area contributed by atoms with Crippen molar-refractivity contribution in [3.63, 3.8) is 0 Å². The first-order valence-corrected chi connectivity index (χ1v) is 12.0. The Labute approximate surface area is 183 Å². The molecule has 158 valence electrons. The molecule has 6 rings (SSSR count). The summed E-state index contributed by atoms with van der Waals surface area (Å²) in [6, 6.07) is 9.05. The number of piperidine rings is 3. The molecule has 3 saturated heterocycles. The summed E-state index contributed by atoms with van der Waals surface area (Å²) in [4.78, 5) is 18.5. The van der Waals surface area contributed by atoms with Crippen molar-refractivity contribution in [2.75, 3.05) is 19.6 Å². The third kappa shape index (κ3) is 3.11. The first-order valence-electron chi connectivity index (χ1n) is 11.7. The van der Waals surface area contributed by atoms with Gasteiger partial charge >= 0.3 is 0 Å². The second kappa shape index (κ2) is 7.42. The highest BCUT2D eigenvalue weighted by Gasteiger charge is 2.46. The molecule has 1 amide bonds. The van der Waals surface area contributed by atoms with Gasteiger partial charge in [0, 0.05) is 35.9 Å². The summed E-state index contributed by atoms with van der Waals surface area (Å²) >= 11 is 6.22. The predicted octanol–water partition coefficient (Wildman–Crippen LogP) is 4.72. The van der Waals surface area contributed by atoms with Gasteiger partial charge in [0.1, 0.15) is 6.54 Å². The highest BCUT2D eigenvalue weighted by molar-refractivity contribution is 6.31. The van der Waals surface area contributed by atoms with Gasteiger partial charge in [-0.1, -0.05) is 35.7 Å². The molecule has 30 heavy (non-hydrogen) atoms. The van der Waals surface area contributed by atoms with Crippen LogP contribution in [0.5, 0.6) is 0 Å². The smallest absolute Gasteiger partial charge is 0.243 e. The van der Waals surface area contributed by atoms with Gasteiger partial charge in [0.25, 0.3) is 0 Å². The number of nitrogens with zero attached hydrogens (tertiary/aromatic N) is 3. The average molecular weight is 424 g/mol. The highest BCUT2D eigenvalue weighted by atomic mass is 35.5. The summed E-state index contributed by atoms with van der Waals surface area (Å²) in [7, 11) is 0. The van der Waals surface area contributed by atoms with E-state index in [9.17, 15) is 4.79 Å². The summed E-state index contributed by atoms with van der Waals surface area (Å²) in [5, 5.41) is 1.85. The summed E-state index contributed by atoms with van der Waals surface area (Å²) < 4.78 is 2.06. The maximum absolute atomic E-state index is 13.5. The third-order valence-corrected chi connectivity index (χ3v) is 8.25. The van der Waals surface area contributed by atoms with E-state index in [-0.39, 0.29) is 5.91 Å². The molecule has 1 aromatic carbocycles. The van der Waals surface area contributed by atoms with E-state index in [1.54, 1.807) is 5.57 Å². The Morgan fingerprint density at radius 2 is 2.07 bits per heavy atom. The zero-order chi connectivity index (χ0) is 20.2. The van der Waals surface area contributed by atoms with Gasteiger partial charge in [-0.25, -0.2) is 0 Å². The molecular weight excluding hydrogens is 394 g/mol. The van der Waals surface area contributed by atoms with Crippen LogP contribution in [0.4, 0.5) is 0 Å². The number of likely N-dealkylation sites (tertiary alicyclic amines) is 1. The number of hydrogen-bond acceptors (Lipinski definition) is 2. The van der Waals surface area contributed by atoms with Crippen molar-refractivity contribution in [3.8, 4) is 0 Å². The van der Waals surface area contributed by atoms with E-state index in [0.29, 0.717) is 24.4 Å². The van der Waals surface area contributed by atoms with E-state index in [2.05, 4.69) is 26.5 Å². The van der Waals surface area contributed by atoms with Crippen LogP contribution >= 0.6 is 11.6 Å². The molecule has 3 fully saturated rings. The molecule has 4 atom stereocenters. The van der Waals surface area contributed by atoms with Gasteiger partial charge in [-0.3, -0.25) is 9.69 Å². The number of benzene rings is 1. The number of aromatic nitrogens is 1. The van der Waals surface area contributed by atoms with E-state index in [0.717, 1.165) is 34.9 Å². The van der Waals surface area contributed by atoms with E-state index in [4.69, 9.17) is 11.6 Å². The topological polar surface area (TPSA) is 28.5 Å². The van der Waals surface area contributed by atoms with E-state index >= 15 is 0 Å². The van der Waals surface area contributed by atoms with Crippen molar-refractivity contribution >= 4 is 28.4 Å². The van der Waals surface area contributed by atoms with Crippen LogP contribution in [0.3, 0.4) is 0 Å². The number of rotatable bonds is 2. The highest BCUT2D eigenvalue weighted by Crippen LogP contribution is 2.45. The van der Waals surface area contributed by atoms with Crippen LogP contribution in [-0.4, -0.2) is 52.0 Å². The van der Waals surface area contributed by atoms with Crippen molar-refractivity contribution in [1.29, 1.82) is 0 Å². The molecule has 4 aliphatic rings. The minimum absolute atomic E-state index is 0.252. The number of hydrogen-bond donors (Lipinski definition) is 0. The number of carbonyl (C=O) groups is 1. The summed E-state index contributed by atoms with van der Waals surface area (Å²) in [6.45, 7) is 3.72. The van der Waals surface area contributed by atoms with Crippen LogP contribution in [0.25, 0.3) is 10.9 Å². The Hall–Kier alpha value is -1.78. The van der Waals surface area contributed by atoms with Crippen LogP contribution in [0, 0.1) is 11.8 Å². The van der Waals surface area contributed by atoms with Crippen LogP contribution < -0.4 is 0 Å². The lowest BCUT2D eigenvalue weighted by Gasteiger charge is -2.54. The zero-order valence-electron chi connectivity index (χ0n) is 17.5. The zero-order valence-corrected chi connectivity index (χ0v) is 18.2. The fourth-order valence-electron chi connectivity index (χ4n) is 6.78. The lowest BCUT2D eigenvalue weighted by atomic mass is 9.68. The summed E-state index contributed by atoms with van der Waals surface area (Å²) in [5.41, 5.74) is 2.60. The van der Waals surface area contributed by atoms with Crippen LogP contribution in [0.1, 0.15) is 38.5 Å². The largest absolute Gasteiger partial charge is 0.338 e. The second-order valence-electron chi connectivity index (χ2n) is 9.74. The first-order chi connectivity index (χ1) is 14.7. The van der Waals surface area contributed by atoms with Crippen molar-refractivity contribution in [1.82, 2.24) is 14.4 Å². The SMILES string of the molecule is O=C(Cn1ccc2ccc(Cl)cc21)N1CCCC2=CC3CC(CN4CCCCC34)C21. The summed E-state index contributed by atoms with van der Waals surface area (Å²) in [6.07, 6.45) is 12.2. The van der Waals surface area contributed by atoms with Crippen LogP contribution in [-0.2, 0) is 11.3 Å². The van der Waals surface area contributed by atoms with Crippen molar-refractivity contribution in [2.24, 2.45) is 11.8 Å². The Bertz CT molecular complexity index is 1010. The van der Waals surface area contributed by atoms with Gasteiger partial charge in [0.05, 0.1) is 6.04 Å². The maximum atomic E-state index is 13.5. The molecule has 0 saturated carbocycles.